The van der Waals surface area contributed by atoms with Crippen LogP contribution < -0.4 is 9.64 Å². The van der Waals surface area contributed by atoms with Gasteiger partial charge in [-0.1, -0.05) is 17.4 Å². The lowest BCUT2D eigenvalue weighted by Crippen LogP contribution is -2.30. The zero-order chi connectivity index (χ0) is 22.0. The summed E-state index contributed by atoms with van der Waals surface area (Å²) in [4.78, 5) is 19.7. The summed E-state index contributed by atoms with van der Waals surface area (Å²) in [5.41, 5.74) is 1.04. The fourth-order valence-electron chi connectivity index (χ4n) is 3.08. The van der Waals surface area contributed by atoms with Crippen molar-refractivity contribution in [1.82, 2.24) is 4.98 Å². The van der Waals surface area contributed by atoms with Crippen molar-refractivity contribution in [2.45, 2.75) is 18.4 Å². The smallest absolute Gasteiger partial charge is 0.260 e. The summed E-state index contributed by atoms with van der Waals surface area (Å²) in [7, 11) is -3.35. The van der Waals surface area contributed by atoms with Crippen molar-refractivity contribution < 1.29 is 22.4 Å². The van der Waals surface area contributed by atoms with Gasteiger partial charge >= 0.3 is 0 Å². The summed E-state index contributed by atoms with van der Waals surface area (Å²) in [5.74, 6) is 0.948. The number of nitrogens with zero attached hydrogens (tertiary/aromatic N) is 2. The van der Waals surface area contributed by atoms with Gasteiger partial charge in [0.25, 0.3) is 5.91 Å². The lowest BCUT2D eigenvalue weighted by Gasteiger charge is -2.19. The van der Waals surface area contributed by atoms with Crippen LogP contribution in [-0.2, 0) is 16.4 Å². The molecule has 0 saturated carbocycles. The predicted molar refractivity (Wildman–Crippen MR) is 120 cm³/mol. The molecule has 0 radical (unpaired) electrons. The van der Waals surface area contributed by atoms with E-state index >= 15 is 0 Å². The van der Waals surface area contributed by atoms with Gasteiger partial charge in [0.05, 0.1) is 29.0 Å². The Labute approximate surface area is 183 Å². The fourth-order valence-corrected chi connectivity index (χ4v) is 4.70. The van der Waals surface area contributed by atoms with Gasteiger partial charge in [0.1, 0.15) is 17.0 Å². The molecule has 0 aliphatic carbocycles. The Morgan fingerprint density at radius 1 is 1.13 bits per heavy atom. The quantitative estimate of drug-likeness (QED) is 0.406. The Kier molecular flexibility index (Phi) is 5.79. The zero-order valence-electron chi connectivity index (χ0n) is 16.9. The zero-order valence-corrected chi connectivity index (χ0v) is 18.6. The molecule has 4 rings (SSSR count). The van der Waals surface area contributed by atoms with Crippen LogP contribution in [-0.4, -0.2) is 32.2 Å². The van der Waals surface area contributed by atoms with Gasteiger partial charge in [-0.2, -0.15) is 0 Å². The molecule has 2 aromatic carbocycles. The number of aromatic nitrogens is 1. The van der Waals surface area contributed by atoms with Gasteiger partial charge < -0.3 is 9.15 Å². The molecule has 0 spiro atoms. The molecule has 0 N–H and O–H groups in total. The normalized spacial score (nSPS) is 11.5. The van der Waals surface area contributed by atoms with Crippen LogP contribution in [0, 0.1) is 0 Å². The first kappa shape index (κ1) is 21.1. The molecule has 0 fully saturated rings. The molecule has 4 aromatic rings. The van der Waals surface area contributed by atoms with E-state index in [-0.39, 0.29) is 17.3 Å². The summed E-state index contributed by atoms with van der Waals surface area (Å²) in [6.07, 6.45) is 2.68. The van der Waals surface area contributed by atoms with E-state index in [4.69, 9.17) is 9.15 Å². The second-order valence-corrected chi connectivity index (χ2v) is 9.82. The molecule has 7 nitrogen and oxygen atoms in total. The van der Waals surface area contributed by atoms with E-state index in [1.54, 1.807) is 18.4 Å². The number of rotatable bonds is 7. The van der Waals surface area contributed by atoms with Crippen molar-refractivity contribution in [3.05, 3.63) is 72.2 Å². The topological polar surface area (TPSA) is 89.7 Å². The van der Waals surface area contributed by atoms with Crippen molar-refractivity contribution in [2.75, 3.05) is 17.8 Å². The first-order valence-corrected chi connectivity index (χ1v) is 12.2. The Morgan fingerprint density at radius 3 is 2.55 bits per heavy atom. The third-order valence-electron chi connectivity index (χ3n) is 4.57. The Hall–Kier alpha value is -3.17. The van der Waals surface area contributed by atoms with E-state index < -0.39 is 9.84 Å². The van der Waals surface area contributed by atoms with Crippen molar-refractivity contribution in [3.63, 3.8) is 0 Å². The minimum Gasteiger partial charge on any atom is -0.492 e. The van der Waals surface area contributed by atoms with E-state index in [1.807, 2.05) is 25.1 Å². The summed E-state index contributed by atoms with van der Waals surface area (Å²) in [6.45, 7) is 2.59. The van der Waals surface area contributed by atoms with Crippen LogP contribution in [0.3, 0.4) is 0 Å². The number of hydrogen-bond donors (Lipinski definition) is 0. The maximum Gasteiger partial charge on any atom is 0.260 e. The second kappa shape index (κ2) is 8.52. The average Bonchev–Trinajstić information content (AvgIpc) is 3.41. The van der Waals surface area contributed by atoms with E-state index in [0.717, 1.165) is 11.0 Å². The van der Waals surface area contributed by atoms with Gasteiger partial charge in [0, 0.05) is 11.8 Å². The van der Waals surface area contributed by atoms with Gasteiger partial charge in [0.2, 0.25) is 0 Å². The van der Waals surface area contributed by atoms with E-state index in [9.17, 15) is 13.2 Å². The number of hydrogen-bond acceptors (Lipinski definition) is 7. The molecule has 1 amide bonds. The highest BCUT2D eigenvalue weighted by Gasteiger charge is 2.24. The Balaban J connectivity index is 1.75. The molecule has 160 valence electrons. The molecule has 0 saturated heterocycles. The number of sulfone groups is 1. The van der Waals surface area contributed by atoms with E-state index in [2.05, 4.69) is 4.98 Å². The highest BCUT2D eigenvalue weighted by molar-refractivity contribution is 7.90. The number of benzene rings is 2. The van der Waals surface area contributed by atoms with E-state index in [1.165, 1.54) is 40.5 Å². The summed E-state index contributed by atoms with van der Waals surface area (Å²) in [6, 6.07) is 15.1. The number of carbonyl (C=O) groups is 1. The summed E-state index contributed by atoms with van der Waals surface area (Å²) >= 11 is 1.37. The van der Waals surface area contributed by atoms with Gasteiger partial charge in [-0.05, 0) is 55.5 Å². The van der Waals surface area contributed by atoms with Gasteiger partial charge in [-0.3, -0.25) is 9.69 Å². The van der Waals surface area contributed by atoms with Crippen LogP contribution in [0.4, 0.5) is 5.13 Å². The summed E-state index contributed by atoms with van der Waals surface area (Å²) in [5, 5.41) is 0.496. The van der Waals surface area contributed by atoms with Crippen molar-refractivity contribution in [3.8, 4) is 5.75 Å². The molecule has 0 bridgehead atoms. The number of amides is 1. The highest BCUT2D eigenvalue weighted by Crippen LogP contribution is 2.35. The first-order chi connectivity index (χ1) is 14.9. The van der Waals surface area contributed by atoms with Gasteiger partial charge in [-0.15, -0.1) is 0 Å². The first-order valence-electron chi connectivity index (χ1n) is 9.53. The molecule has 9 heteroatoms. The molecule has 0 aliphatic rings. The lowest BCUT2D eigenvalue weighted by atomic mass is 10.2. The molecular weight excluding hydrogens is 436 g/mol. The molecular formula is C22H20N2O5S2. The minimum absolute atomic E-state index is 0.156. The van der Waals surface area contributed by atoms with E-state index in [0.29, 0.717) is 34.3 Å². The summed E-state index contributed by atoms with van der Waals surface area (Å²) < 4.78 is 35.5. The number of ether oxygens (including phenoxy) is 1. The minimum atomic E-state index is -3.35. The number of furan rings is 1. The number of thiazole rings is 1. The van der Waals surface area contributed by atoms with Crippen LogP contribution in [0.1, 0.15) is 23.0 Å². The van der Waals surface area contributed by atoms with Crippen molar-refractivity contribution >= 4 is 42.4 Å². The van der Waals surface area contributed by atoms with Gasteiger partial charge in [0.15, 0.2) is 15.0 Å². The number of para-hydroxylation sites is 1. The van der Waals surface area contributed by atoms with Crippen molar-refractivity contribution in [1.29, 1.82) is 0 Å². The Bertz CT molecular complexity index is 1310. The average molecular weight is 457 g/mol. The number of anilines is 1. The Morgan fingerprint density at radius 2 is 1.90 bits per heavy atom. The third kappa shape index (κ3) is 4.47. The fraction of sp³-hybridized carbons (Fsp3) is 0.182. The monoisotopic (exact) mass is 456 g/mol. The lowest BCUT2D eigenvalue weighted by molar-refractivity contribution is 0.0983. The van der Waals surface area contributed by atoms with Crippen LogP contribution in [0.5, 0.6) is 5.75 Å². The standard InChI is InChI=1S/C22H20N2O5S2/c1-3-28-18-7-4-8-19-20(18)23-22(30-19)24(14-16-6-5-13-29-16)21(25)15-9-11-17(12-10-15)31(2,26)27/h4-13H,3,14H2,1-2H3. The maximum absolute atomic E-state index is 13.4. The molecule has 0 aliphatic heterocycles. The van der Waals surface area contributed by atoms with Crippen molar-refractivity contribution in [2.24, 2.45) is 0 Å². The molecule has 31 heavy (non-hydrogen) atoms. The maximum atomic E-state index is 13.4. The SMILES string of the molecule is CCOc1cccc2sc(N(Cc3ccco3)C(=O)c3ccc(S(C)(=O)=O)cc3)nc12. The van der Waals surface area contributed by atoms with Crippen LogP contribution in [0.25, 0.3) is 10.2 Å². The molecule has 0 atom stereocenters. The third-order valence-corrected chi connectivity index (χ3v) is 6.74. The van der Waals surface area contributed by atoms with Crippen LogP contribution >= 0.6 is 11.3 Å². The van der Waals surface area contributed by atoms with Gasteiger partial charge in [-0.25, -0.2) is 13.4 Å². The van der Waals surface area contributed by atoms with Crippen LogP contribution in [0.15, 0.2) is 70.2 Å². The largest absolute Gasteiger partial charge is 0.492 e. The highest BCUT2D eigenvalue weighted by atomic mass is 32.2. The molecule has 2 aromatic heterocycles. The molecule has 0 unspecified atom stereocenters. The molecule has 2 heterocycles. The predicted octanol–water partition coefficient (Wildman–Crippen LogP) is 4.54. The number of fused-ring (bicyclic) bond motifs is 1. The number of carbonyl (C=O) groups excluding carboxylic acids is 1. The van der Waals surface area contributed by atoms with Crippen LogP contribution in [0.2, 0.25) is 0 Å². The second-order valence-electron chi connectivity index (χ2n) is 6.80.